The van der Waals surface area contributed by atoms with Crippen molar-refractivity contribution in [3.05, 3.63) is 66.4 Å². The van der Waals surface area contributed by atoms with Crippen molar-refractivity contribution in [1.29, 1.82) is 0 Å². The van der Waals surface area contributed by atoms with Gasteiger partial charge in [0.2, 0.25) is 10.0 Å². The van der Waals surface area contributed by atoms with Crippen LogP contribution in [0.5, 0.6) is 5.75 Å². The second kappa shape index (κ2) is 9.09. The van der Waals surface area contributed by atoms with Crippen LogP contribution >= 0.6 is 0 Å². The van der Waals surface area contributed by atoms with Crippen LogP contribution < -0.4 is 4.74 Å². The standard InChI is InChI=1S/C22H25N3O4S/c26-15-16-29-20-8-6-18(7-9-20)17-24-11-13-25(14-12-24)30(27,28)21-5-1-3-19-4-2-10-23-22(19)21/h1-10,26H,11-17H2. The zero-order chi connectivity index (χ0) is 21.0. The molecule has 30 heavy (non-hydrogen) atoms. The molecule has 3 aromatic rings. The van der Waals surface area contributed by atoms with Crippen molar-refractivity contribution in [2.75, 3.05) is 39.4 Å². The fourth-order valence-corrected chi connectivity index (χ4v) is 5.25. The van der Waals surface area contributed by atoms with Crippen LogP contribution in [0.2, 0.25) is 0 Å². The molecule has 158 valence electrons. The van der Waals surface area contributed by atoms with E-state index in [0.29, 0.717) is 31.7 Å². The summed E-state index contributed by atoms with van der Waals surface area (Å²) in [6.07, 6.45) is 1.62. The van der Waals surface area contributed by atoms with E-state index in [9.17, 15) is 8.42 Å². The molecule has 0 bridgehead atoms. The van der Waals surface area contributed by atoms with Crippen LogP contribution in [0.15, 0.2) is 65.7 Å². The number of rotatable bonds is 7. The van der Waals surface area contributed by atoms with Crippen molar-refractivity contribution in [2.45, 2.75) is 11.4 Å². The smallest absolute Gasteiger partial charge is 0.245 e. The Hall–Kier alpha value is -2.52. The van der Waals surface area contributed by atoms with Gasteiger partial charge in [-0.15, -0.1) is 0 Å². The second-order valence-electron chi connectivity index (χ2n) is 7.23. The lowest BCUT2D eigenvalue weighted by atomic mass is 10.2. The number of hydrogen-bond acceptors (Lipinski definition) is 6. The minimum absolute atomic E-state index is 0.0101. The Balaban J connectivity index is 1.40. The minimum atomic E-state index is -3.59. The van der Waals surface area contributed by atoms with E-state index in [2.05, 4.69) is 9.88 Å². The predicted octanol–water partition coefficient (Wildman–Crippen LogP) is 2.11. The van der Waals surface area contributed by atoms with Gasteiger partial charge < -0.3 is 9.84 Å². The summed E-state index contributed by atoms with van der Waals surface area (Å²) in [6, 6.07) is 16.7. The van der Waals surface area contributed by atoms with Crippen LogP contribution in [-0.4, -0.2) is 67.1 Å². The lowest BCUT2D eigenvalue weighted by molar-refractivity contribution is 0.181. The first-order valence-corrected chi connectivity index (χ1v) is 11.4. The molecule has 1 saturated heterocycles. The molecule has 8 heteroatoms. The molecule has 0 aliphatic carbocycles. The molecule has 0 unspecified atom stereocenters. The number of piperazine rings is 1. The van der Waals surface area contributed by atoms with E-state index < -0.39 is 10.0 Å². The van der Waals surface area contributed by atoms with Crippen molar-refractivity contribution in [2.24, 2.45) is 0 Å². The number of fused-ring (bicyclic) bond motifs is 1. The van der Waals surface area contributed by atoms with Gasteiger partial charge in [0, 0.05) is 44.3 Å². The molecule has 7 nitrogen and oxygen atoms in total. The number of aliphatic hydroxyl groups is 1. The molecule has 1 aliphatic rings. The highest BCUT2D eigenvalue weighted by atomic mass is 32.2. The number of pyridine rings is 1. The number of aliphatic hydroxyl groups excluding tert-OH is 1. The van der Waals surface area contributed by atoms with Gasteiger partial charge in [-0.25, -0.2) is 8.42 Å². The summed E-state index contributed by atoms with van der Waals surface area (Å²) in [5.41, 5.74) is 1.66. The number of para-hydroxylation sites is 1. The summed E-state index contributed by atoms with van der Waals surface area (Å²) in [7, 11) is -3.59. The third-order valence-electron chi connectivity index (χ3n) is 5.23. The van der Waals surface area contributed by atoms with Gasteiger partial charge in [0.25, 0.3) is 0 Å². The van der Waals surface area contributed by atoms with Gasteiger partial charge in [0.15, 0.2) is 0 Å². The Kier molecular flexibility index (Phi) is 6.29. The molecule has 1 aromatic heterocycles. The Morgan fingerprint density at radius 1 is 0.967 bits per heavy atom. The average molecular weight is 428 g/mol. The van der Waals surface area contributed by atoms with Crippen molar-refractivity contribution in [1.82, 2.24) is 14.2 Å². The number of sulfonamides is 1. The lowest BCUT2D eigenvalue weighted by Crippen LogP contribution is -2.48. The molecule has 1 aliphatic heterocycles. The molecule has 1 fully saturated rings. The van der Waals surface area contributed by atoms with Crippen LogP contribution in [0, 0.1) is 0 Å². The number of nitrogens with zero attached hydrogens (tertiary/aromatic N) is 3. The van der Waals surface area contributed by atoms with Gasteiger partial charge in [-0.1, -0.05) is 30.3 Å². The molecule has 2 aromatic carbocycles. The summed E-state index contributed by atoms with van der Waals surface area (Å²) in [5, 5.41) is 9.64. The highest BCUT2D eigenvalue weighted by molar-refractivity contribution is 7.89. The fraction of sp³-hybridized carbons (Fsp3) is 0.318. The molecule has 2 heterocycles. The molecule has 0 saturated carbocycles. The predicted molar refractivity (Wildman–Crippen MR) is 115 cm³/mol. The SMILES string of the molecule is O=S(=O)(c1cccc2cccnc12)N1CCN(Cc2ccc(OCCO)cc2)CC1. The molecule has 0 radical (unpaired) electrons. The fourth-order valence-electron chi connectivity index (χ4n) is 3.66. The van der Waals surface area contributed by atoms with E-state index in [1.54, 1.807) is 22.6 Å². The summed E-state index contributed by atoms with van der Waals surface area (Å²) in [5.74, 6) is 0.729. The summed E-state index contributed by atoms with van der Waals surface area (Å²) in [6.45, 7) is 3.25. The highest BCUT2D eigenvalue weighted by Gasteiger charge is 2.30. The zero-order valence-corrected chi connectivity index (χ0v) is 17.5. The van der Waals surface area contributed by atoms with Gasteiger partial charge in [0.05, 0.1) is 12.1 Å². The summed E-state index contributed by atoms with van der Waals surface area (Å²) in [4.78, 5) is 6.82. The Labute approximate surface area is 176 Å². The topological polar surface area (TPSA) is 83.0 Å². The van der Waals surface area contributed by atoms with Gasteiger partial charge in [-0.05, 0) is 29.8 Å². The molecule has 0 atom stereocenters. The van der Waals surface area contributed by atoms with Crippen molar-refractivity contribution >= 4 is 20.9 Å². The maximum Gasteiger partial charge on any atom is 0.245 e. The van der Waals surface area contributed by atoms with Crippen LogP contribution in [0.25, 0.3) is 10.9 Å². The number of hydrogen-bond donors (Lipinski definition) is 1. The van der Waals surface area contributed by atoms with E-state index in [-0.39, 0.29) is 18.1 Å². The summed E-state index contributed by atoms with van der Waals surface area (Å²) >= 11 is 0. The first-order valence-electron chi connectivity index (χ1n) is 9.97. The maximum absolute atomic E-state index is 13.2. The number of benzene rings is 2. The van der Waals surface area contributed by atoms with E-state index >= 15 is 0 Å². The largest absolute Gasteiger partial charge is 0.491 e. The Morgan fingerprint density at radius 2 is 1.70 bits per heavy atom. The van der Waals surface area contributed by atoms with Gasteiger partial charge in [-0.3, -0.25) is 9.88 Å². The van der Waals surface area contributed by atoms with Crippen LogP contribution in [0.4, 0.5) is 0 Å². The Bertz CT molecular complexity index is 1090. The molecule has 1 N–H and O–H groups in total. The van der Waals surface area contributed by atoms with Crippen molar-refractivity contribution < 1.29 is 18.3 Å². The first-order chi connectivity index (χ1) is 14.6. The normalized spacial score (nSPS) is 16.0. The molecular weight excluding hydrogens is 402 g/mol. The minimum Gasteiger partial charge on any atom is -0.491 e. The average Bonchev–Trinajstić information content (AvgIpc) is 2.78. The third kappa shape index (κ3) is 4.46. The van der Waals surface area contributed by atoms with Gasteiger partial charge >= 0.3 is 0 Å². The van der Waals surface area contributed by atoms with E-state index in [4.69, 9.17) is 9.84 Å². The summed E-state index contributed by atoms with van der Waals surface area (Å²) < 4.78 is 33.4. The first kappa shape index (κ1) is 20.7. The lowest BCUT2D eigenvalue weighted by Gasteiger charge is -2.34. The van der Waals surface area contributed by atoms with Gasteiger partial charge in [-0.2, -0.15) is 4.31 Å². The van der Waals surface area contributed by atoms with Crippen LogP contribution in [0.3, 0.4) is 0 Å². The maximum atomic E-state index is 13.2. The van der Waals surface area contributed by atoms with E-state index in [1.807, 2.05) is 42.5 Å². The number of aromatic nitrogens is 1. The van der Waals surface area contributed by atoms with Crippen molar-refractivity contribution in [3.63, 3.8) is 0 Å². The third-order valence-corrected chi connectivity index (χ3v) is 7.16. The van der Waals surface area contributed by atoms with E-state index in [1.165, 1.54) is 0 Å². The quantitative estimate of drug-likeness (QED) is 0.622. The number of ether oxygens (including phenoxy) is 1. The van der Waals surface area contributed by atoms with Gasteiger partial charge in [0.1, 0.15) is 17.3 Å². The molecule has 0 amide bonds. The second-order valence-corrected chi connectivity index (χ2v) is 9.13. The molecular formula is C22H25N3O4S. The monoisotopic (exact) mass is 427 g/mol. The van der Waals surface area contributed by atoms with E-state index in [0.717, 1.165) is 23.2 Å². The molecule has 4 rings (SSSR count). The van der Waals surface area contributed by atoms with Crippen molar-refractivity contribution in [3.8, 4) is 5.75 Å². The Morgan fingerprint density at radius 3 is 2.43 bits per heavy atom. The zero-order valence-electron chi connectivity index (χ0n) is 16.6. The van der Waals surface area contributed by atoms with Crippen LogP contribution in [0.1, 0.15) is 5.56 Å². The molecule has 0 spiro atoms. The van der Waals surface area contributed by atoms with Crippen LogP contribution in [-0.2, 0) is 16.6 Å². The highest BCUT2D eigenvalue weighted by Crippen LogP contribution is 2.25.